The third kappa shape index (κ3) is 4.11. The van der Waals surface area contributed by atoms with E-state index in [2.05, 4.69) is 10.2 Å². The van der Waals surface area contributed by atoms with Crippen LogP contribution in [0.15, 0.2) is 74.6 Å². The first-order chi connectivity index (χ1) is 12.6. The van der Waals surface area contributed by atoms with Crippen LogP contribution in [0.4, 0.5) is 11.4 Å². The molecule has 3 N–H and O–H groups in total. The van der Waals surface area contributed by atoms with Gasteiger partial charge >= 0.3 is 0 Å². The van der Waals surface area contributed by atoms with Crippen LogP contribution >= 0.6 is 0 Å². The molecule has 0 radical (unpaired) electrons. The molecule has 0 saturated carbocycles. The maximum Gasteiger partial charge on any atom is 0.295 e. The lowest BCUT2D eigenvalue weighted by molar-refractivity contribution is 0.475. The fraction of sp³-hybridized carbons (Fsp3) is 0. The summed E-state index contributed by atoms with van der Waals surface area (Å²) >= 11 is 0. The summed E-state index contributed by atoms with van der Waals surface area (Å²) in [4.78, 5) is -1.56. The third-order valence-corrected chi connectivity index (χ3v) is 5.26. The summed E-state index contributed by atoms with van der Waals surface area (Å²) in [5.41, 5.74) is 0.320. The van der Waals surface area contributed by atoms with E-state index in [1.807, 2.05) is 0 Å². The molecule has 27 heavy (non-hydrogen) atoms. The van der Waals surface area contributed by atoms with E-state index in [1.165, 1.54) is 0 Å². The van der Waals surface area contributed by atoms with E-state index >= 15 is 0 Å². The number of azo groups is 1. The number of benzene rings is 3. The van der Waals surface area contributed by atoms with Crippen molar-refractivity contribution < 1.29 is 31.0 Å². The van der Waals surface area contributed by atoms with Gasteiger partial charge in [-0.15, -0.1) is 5.11 Å². The molecular weight excluding hydrogens is 396 g/mol. The van der Waals surface area contributed by atoms with Crippen LogP contribution in [0.2, 0.25) is 0 Å². The van der Waals surface area contributed by atoms with Gasteiger partial charge in [0, 0.05) is 11.5 Å². The number of rotatable bonds is 4. The number of phenolic OH excluding ortho intramolecular Hbond substituents is 1. The van der Waals surface area contributed by atoms with E-state index in [0.717, 1.165) is 18.2 Å². The lowest BCUT2D eigenvalue weighted by atomic mass is 10.1. The average Bonchev–Trinajstić information content (AvgIpc) is 2.57. The first-order valence-corrected chi connectivity index (χ1v) is 10.2. The highest BCUT2D eigenvalue weighted by atomic mass is 32.2. The Morgan fingerprint density at radius 3 is 2.04 bits per heavy atom. The number of nitrogens with zero attached hydrogens (tertiary/aromatic N) is 2. The highest BCUT2D eigenvalue weighted by molar-refractivity contribution is 7.86. The van der Waals surface area contributed by atoms with Gasteiger partial charge in [0.25, 0.3) is 20.2 Å². The van der Waals surface area contributed by atoms with Crippen molar-refractivity contribution in [2.24, 2.45) is 10.2 Å². The molecule has 3 rings (SSSR count). The van der Waals surface area contributed by atoms with Crippen LogP contribution in [0.3, 0.4) is 0 Å². The molecule has 0 bridgehead atoms. The van der Waals surface area contributed by atoms with Gasteiger partial charge in [0.15, 0.2) is 0 Å². The maximum atomic E-state index is 11.8. The molecule has 0 aliphatic rings. The Bertz CT molecular complexity index is 1270. The topological polar surface area (TPSA) is 154 Å². The van der Waals surface area contributed by atoms with Crippen molar-refractivity contribution in [3.63, 3.8) is 0 Å². The van der Waals surface area contributed by atoms with Crippen LogP contribution in [0, 0.1) is 0 Å². The lowest BCUT2D eigenvalue weighted by Gasteiger charge is -2.09. The first-order valence-electron chi connectivity index (χ1n) is 7.28. The second-order valence-electron chi connectivity index (χ2n) is 5.47. The quantitative estimate of drug-likeness (QED) is 0.441. The predicted octanol–water partition coefficient (Wildman–Crippen LogP) is 3.45. The minimum Gasteiger partial charge on any atom is -0.508 e. The molecule has 0 aromatic heterocycles. The molecule has 0 aliphatic heterocycles. The van der Waals surface area contributed by atoms with Gasteiger partial charge in [0.2, 0.25) is 0 Å². The second-order valence-corrected chi connectivity index (χ2v) is 8.28. The minimum absolute atomic E-state index is 0.0836. The van der Waals surface area contributed by atoms with Gasteiger partial charge in [0.1, 0.15) is 10.6 Å². The van der Waals surface area contributed by atoms with Crippen molar-refractivity contribution in [1.29, 1.82) is 0 Å². The van der Waals surface area contributed by atoms with Crippen molar-refractivity contribution in [3.05, 3.63) is 54.6 Å². The van der Waals surface area contributed by atoms with Gasteiger partial charge in [-0.2, -0.15) is 21.9 Å². The lowest BCUT2D eigenvalue weighted by Crippen LogP contribution is -2.04. The van der Waals surface area contributed by atoms with E-state index in [9.17, 15) is 31.0 Å². The fourth-order valence-corrected chi connectivity index (χ4v) is 3.82. The van der Waals surface area contributed by atoms with E-state index < -0.39 is 30.0 Å². The first kappa shape index (κ1) is 18.9. The SMILES string of the molecule is O=S(=O)(O)c1cc(S(=O)(=O)O)c2c(N=Nc3ccccc3)cc(O)cc2c1. The van der Waals surface area contributed by atoms with Crippen molar-refractivity contribution in [2.75, 3.05) is 0 Å². The Balaban J connectivity index is 2.37. The molecule has 11 heteroatoms. The number of aromatic hydroxyl groups is 1. The minimum atomic E-state index is -4.89. The van der Waals surface area contributed by atoms with Gasteiger partial charge in [-0.05, 0) is 35.7 Å². The molecule has 0 atom stereocenters. The summed E-state index contributed by atoms with van der Waals surface area (Å²) in [6, 6.07) is 12.2. The Hall–Kier alpha value is -2.86. The highest BCUT2D eigenvalue weighted by Crippen LogP contribution is 2.38. The van der Waals surface area contributed by atoms with Crippen LogP contribution < -0.4 is 0 Å². The number of hydrogen-bond donors (Lipinski definition) is 3. The van der Waals surface area contributed by atoms with Gasteiger partial charge in [-0.3, -0.25) is 9.11 Å². The molecule has 0 saturated heterocycles. The molecule has 140 valence electrons. The fourth-order valence-electron chi connectivity index (χ4n) is 2.45. The average molecular weight is 408 g/mol. The zero-order valence-corrected chi connectivity index (χ0v) is 15.0. The number of fused-ring (bicyclic) bond motifs is 1. The molecule has 0 aliphatic carbocycles. The van der Waals surface area contributed by atoms with Crippen LogP contribution in [0.1, 0.15) is 0 Å². The Kier molecular flexibility index (Phi) is 4.70. The van der Waals surface area contributed by atoms with Crippen molar-refractivity contribution >= 4 is 42.4 Å². The van der Waals surface area contributed by atoms with Crippen LogP contribution in [0.25, 0.3) is 10.8 Å². The smallest absolute Gasteiger partial charge is 0.295 e. The Labute approximate surface area is 154 Å². The Morgan fingerprint density at radius 1 is 0.778 bits per heavy atom. The second kappa shape index (κ2) is 6.70. The van der Waals surface area contributed by atoms with Crippen molar-refractivity contribution in [3.8, 4) is 5.75 Å². The summed E-state index contributed by atoms with van der Waals surface area (Å²) in [7, 11) is -9.66. The van der Waals surface area contributed by atoms with Crippen LogP contribution in [0.5, 0.6) is 5.75 Å². The summed E-state index contributed by atoms with van der Waals surface area (Å²) in [6.07, 6.45) is 0. The Morgan fingerprint density at radius 2 is 1.44 bits per heavy atom. The largest absolute Gasteiger partial charge is 0.508 e. The molecule has 0 spiro atoms. The van der Waals surface area contributed by atoms with Gasteiger partial charge in [0.05, 0.1) is 16.3 Å². The molecule has 3 aromatic rings. The number of hydrogen-bond acceptors (Lipinski definition) is 7. The van der Waals surface area contributed by atoms with Crippen molar-refractivity contribution in [1.82, 2.24) is 0 Å². The molecule has 9 nitrogen and oxygen atoms in total. The zero-order valence-electron chi connectivity index (χ0n) is 13.4. The number of phenols is 1. The van der Waals surface area contributed by atoms with Gasteiger partial charge < -0.3 is 5.11 Å². The molecule has 3 aromatic carbocycles. The van der Waals surface area contributed by atoms with Crippen molar-refractivity contribution in [2.45, 2.75) is 9.79 Å². The zero-order chi connectivity index (χ0) is 19.8. The molecule has 0 fully saturated rings. The summed E-state index contributed by atoms with van der Waals surface area (Å²) in [5, 5.41) is 17.5. The van der Waals surface area contributed by atoms with Crippen LogP contribution in [-0.4, -0.2) is 31.0 Å². The third-order valence-electron chi connectivity index (χ3n) is 3.56. The monoisotopic (exact) mass is 408 g/mol. The van der Waals surface area contributed by atoms with E-state index in [0.29, 0.717) is 11.8 Å². The van der Waals surface area contributed by atoms with Crippen LogP contribution in [-0.2, 0) is 20.2 Å². The molecular formula is C16H12N2O7S2. The summed E-state index contributed by atoms with van der Waals surface area (Å²) < 4.78 is 65.1. The predicted molar refractivity (Wildman–Crippen MR) is 95.9 cm³/mol. The molecule has 0 amide bonds. The molecule has 0 heterocycles. The summed E-state index contributed by atoms with van der Waals surface area (Å²) in [5.74, 6) is -0.349. The highest BCUT2D eigenvalue weighted by Gasteiger charge is 2.23. The molecule has 0 unspecified atom stereocenters. The van der Waals surface area contributed by atoms with Gasteiger partial charge in [-0.1, -0.05) is 18.2 Å². The normalized spacial score (nSPS) is 12.7. The summed E-state index contributed by atoms with van der Waals surface area (Å²) in [6.45, 7) is 0. The van der Waals surface area contributed by atoms with Gasteiger partial charge in [-0.25, -0.2) is 0 Å². The van der Waals surface area contributed by atoms with E-state index in [1.54, 1.807) is 30.3 Å². The van der Waals surface area contributed by atoms with E-state index in [4.69, 9.17) is 0 Å². The van der Waals surface area contributed by atoms with E-state index in [-0.39, 0.29) is 22.2 Å². The standard InChI is InChI=1S/C16H12N2O7S2/c19-12-6-10-7-13(26(20,21)22)9-15(27(23,24)25)16(10)14(8-12)18-17-11-4-2-1-3-5-11/h1-9,19H,(H,20,21,22)(H,23,24,25). The maximum absolute atomic E-state index is 11.8.